The molecule has 1 aromatic carbocycles. The van der Waals surface area contributed by atoms with Gasteiger partial charge in [-0.2, -0.15) is 0 Å². The van der Waals surface area contributed by atoms with E-state index in [1.54, 1.807) is 0 Å². The van der Waals surface area contributed by atoms with Crippen molar-refractivity contribution in [2.24, 2.45) is 5.92 Å². The Balaban J connectivity index is 1.60. The average Bonchev–Trinajstić information content (AvgIpc) is 2.39. The highest BCUT2D eigenvalue weighted by atomic mass is 16.5. The molecule has 0 N–H and O–H groups in total. The zero-order chi connectivity index (χ0) is 13.1. The second-order valence-electron chi connectivity index (χ2n) is 5.58. The molecule has 1 aromatic rings. The number of hydrogen-bond donors (Lipinski definition) is 0. The fraction of sp³-hybridized carbons (Fsp3) is 0.562. The number of hydrogen-bond acceptors (Lipinski definition) is 3. The Bertz CT molecular complexity index is 431. The van der Waals surface area contributed by atoms with E-state index in [0.29, 0.717) is 11.7 Å². The van der Waals surface area contributed by atoms with Crippen molar-refractivity contribution in [3.8, 4) is 0 Å². The molecular formula is C16H21NO2. The molecule has 0 atom stereocenters. The molecule has 19 heavy (non-hydrogen) atoms. The molecular weight excluding hydrogens is 238 g/mol. The first-order valence-electron chi connectivity index (χ1n) is 7.26. The minimum atomic E-state index is 0.296. The number of Topliss-reactive ketones (excluding diaryl/α,β-unsaturated/α-hetero) is 1. The lowest BCUT2D eigenvalue weighted by atomic mass is 9.80. The molecule has 0 aromatic heterocycles. The van der Waals surface area contributed by atoms with Crippen molar-refractivity contribution in [1.82, 2.24) is 4.90 Å². The number of benzene rings is 1. The standard InChI is InChI=1S/C16H21NO2/c18-16(14-2-1-3-14)15-6-4-13(5-7-15)12-17-8-10-19-11-9-17/h4-7,14H,1-3,8-12H2. The minimum Gasteiger partial charge on any atom is -0.379 e. The molecule has 1 aliphatic carbocycles. The lowest BCUT2D eigenvalue weighted by Crippen LogP contribution is -2.35. The Morgan fingerprint density at radius 2 is 1.84 bits per heavy atom. The Kier molecular flexibility index (Phi) is 3.95. The van der Waals surface area contributed by atoms with Gasteiger partial charge in [-0.15, -0.1) is 0 Å². The summed E-state index contributed by atoms with van der Waals surface area (Å²) in [5, 5.41) is 0. The fourth-order valence-corrected chi connectivity index (χ4v) is 2.70. The number of carbonyl (C=O) groups excluding carboxylic acids is 1. The number of ketones is 1. The number of rotatable bonds is 4. The molecule has 3 rings (SSSR count). The van der Waals surface area contributed by atoms with Crippen LogP contribution in [0.1, 0.15) is 35.2 Å². The van der Waals surface area contributed by atoms with Gasteiger partial charge in [0, 0.05) is 31.1 Å². The number of nitrogens with zero attached hydrogens (tertiary/aromatic N) is 1. The molecule has 1 heterocycles. The van der Waals surface area contributed by atoms with E-state index in [1.807, 2.05) is 12.1 Å². The monoisotopic (exact) mass is 259 g/mol. The fourth-order valence-electron chi connectivity index (χ4n) is 2.70. The first kappa shape index (κ1) is 12.8. The molecule has 0 unspecified atom stereocenters. The van der Waals surface area contributed by atoms with E-state index in [4.69, 9.17) is 4.74 Å². The topological polar surface area (TPSA) is 29.5 Å². The summed E-state index contributed by atoms with van der Waals surface area (Å²) in [5.41, 5.74) is 2.17. The third kappa shape index (κ3) is 3.04. The normalized spacial score (nSPS) is 21.1. The average molecular weight is 259 g/mol. The zero-order valence-corrected chi connectivity index (χ0v) is 11.3. The maximum atomic E-state index is 12.1. The van der Waals surface area contributed by atoms with Crippen LogP contribution < -0.4 is 0 Å². The van der Waals surface area contributed by atoms with Crippen LogP contribution in [0.4, 0.5) is 0 Å². The third-order valence-electron chi connectivity index (χ3n) is 4.22. The lowest BCUT2D eigenvalue weighted by molar-refractivity contribution is 0.0342. The van der Waals surface area contributed by atoms with Crippen LogP contribution in [-0.2, 0) is 11.3 Å². The summed E-state index contributed by atoms with van der Waals surface area (Å²) in [5.74, 6) is 0.634. The van der Waals surface area contributed by atoms with E-state index in [0.717, 1.165) is 51.3 Å². The first-order chi connectivity index (χ1) is 9.33. The largest absolute Gasteiger partial charge is 0.379 e. The van der Waals surface area contributed by atoms with Crippen molar-refractivity contribution in [3.05, 3.63) is 35.4 Å². The molecule has 0 amide bonds. The Hall–Kier alpha value is -1.19. The van der Waals surface area contributed by atoms with Crippen molar-refractivity contribution in [2.45, 2.75) is 25.8 Å². The van der Waals surface area contributed by atoms with Crippen molar-refractivity contribution in [1.29, 1.82) is 0 Å². The predicted molar refractivity (Wildman–Crippen MR) is 74.2 cm³/mol. The number of ether oxygens (including phenoxy) is 1. The summed E-state index contributed by atoms with van der Waals surface area (Å²) < 4.78 is 5.35. The van der Waals surface area contributed by atoms with Crippen LogP contribution in [0.3, 0.4) is 0 Å². The second-order valence-corrected chi connectivity index (χ2v) is 5.58. The molecule has 0 bridgehead atoms. The van der Waals surface area contributed by atoms with E-state index in [-0.39, 0.29) is 0 Å². The van der Waals surface area contributed by atoms with Crippen molar-refractivity contribution >= 4 is 5.78 Å². The molecule has 3 nitrogen and oxygen atoms in total. The maximum Gasteiger partial charge on any atom is 0.165 e. The van der Waals surface area contributed by atoms with Gasteiger partial charge >= 0.3 is 0 Å². The first-order valence-corrected chi connectivity index (χ1v) is 7.26. The van der Waals surface area contributed by atoms with Gasteiger partial charge in [-0.05, 0) is 18.4 Å². The van der Waals surface area contributed by atoms with Gasteiger partial charge in [-0.3, -0.25) is 9.69 Å². The molecule has 0 spiro atoms. The van der Waals surface area contributed by atoms with Gasteiger partial charge in [0.1, 0.15) is 0 Å². The molecule has 2 aliphatic rings. The van der Waals surface area contributed by atoms with E-state index < -0.39 is 0 Å². The molecule has 1 aliphatic heterocycles. The summed E-state index contributed by atoms with van der Waals surface area (Å²) in [4.78, 5) is 14.5. The van der Waals surface area contributed by atoms with Gasteiger partial charge in [0.15, 0.2) is 5.78 Å². The highest BCUT2D eigenvalue weighted by molar-refractivity contribution is 5.98. The van der Waals surface area contributed by atoms with Crippen LogP contribution >= 0.6 is 0 Å². The van der Waals surface area contributed by atoms with Gasteiger partial charge in [-0.25, -0.2) is 0 Å². The summed E-state index contributed by atoms with van der Waals surface area (Å²) in [6.07, 6.45) is 3.37. The summed E-state index contributed by atoms with van der Waals surface area (Å²) in [6.45, 7) is 4.63. The van der Waals surface area contributed by atoms with Crippen LogP contribution in [0.15, 0.2) is 24.3 Å². The Morgan fingerprint density at radius 3 is 2.42 bits per heavy atom. The molecule has 0 radical (unpaired) electrons. The molecule has 3 heteroatoms. The van der Waals surface area contributed by atoms with Gasteiger partial charge in [0.25, 0.3) is 0 Å². The van der Waals surface area contributed by atoms with Crippen LogP contribution in [0.2, 0.25) is 0 Å². The summed E-state index contributed by atoms with van der Waals surface area (Å²) >= 11 is 0. The van der Waals surface area contributed by atoms with Gasteiger partial charge < -0.3 is 4.74 Å². The Labute approximate surface area is 114 Å². The van der Waals surface area contributed by atoms with Crippen LogP contribution in [0.5, 0.6) is 0 Å². The van der Waals surface area contributed by atoms with Gasteiger partial charge in [0.2, 0.25) is 0 Å². The minimum absolute atomic E-state index is 0.296. The molecule has 2 fully saturated rings. The van der Waals surface area contributed by atoms with Crippen LogP contribution in [0.25, 0.3) is 0 Å². The summed E-state index contributed by atoms with van der Waals surface area (Å²) in [6, 6.07) is 8.19. The second kappa shape index (κ2) is 5.85. The lowest BCUT2D eigenvalue weighted by Gasteiger charge is -2.27. The van der Waals surface area contributed by atoms with Crippen LogP contribution in [-0.4, -0.2) is 37.0 Å². The van der Waals surface area contributed by atoms with Gasteiger partial charge in [0.05, 0.1) is 13.2 Å². The third-order valence-corrected chi connectivity index (χ3v) is 4.22. The van der Waals surface area contributed by atoms with Crippen molar-refractivity contribution < 1.29 is 9.53 Å². The van der Waals surface area contributed by atoms with Gasteiger partial charge in [-0.1, -0.05) is 30.7 Å². The highest BCUT2D eigenvalue weighted by Crippen LogP contribution is 2.29. The number of carbonyl (C=O) groups is 1. The number of morpholine rings is 1. The van der Waals surface area contributed by atoms with Crippen molar-refractivity contribution in [3.63, 3.8) is 0 Å². The maximum absolute atomic E-state index is 12.1. The van der Waals surface area contributed by atoms with Crippen molar-refractivity contribution in [2.75, 3.05) is 26.3 Å². The smallest absolute Gasteiger partial charge is 0.165 e. The van der Waals surface area contributed by atoms with Crippen LogP contribution in [0, 0.1) is 5.92 Å². The SMILES string of the molecule is O=C(c1ccc(CN2CCOCC2)cc1)C1CCC1. The quantitative estimate of drug-likeness (QED) is 0.778. The van der Waals surface area contributed by atoms with E-state index in [2.05, 4.69) is 17.0 Å². The highest BCUT2D eigenvalue weighted by Gasteiger charge is 2.25. The molecule has 1 saturated heterocycles. The predicted octanol–water partition coefficient (Wildman–Crippen LogP) is 2.50. The van der Waals surface area contributed by atoms with E-state index in [1.165, 1.54) is 12.0 Å². The molecule has 1 saturated carbocycles. The summed E-state index contributed by atoms with van der Waals surface area (Å²) in [7, 11) is 0. The van der Waals surface area contributed by atoms with E-state index in [9.17, 15) is 4.79 Å². The zero-order valence-electron chi connectivity index (χ0n) is 11.3. The Morgan fingerprint density at radius 1 is 1.16 bits per heavy atom. The van der Waals surface area contributed by atoms with E-state index >= 15 is 0 Å². The molecule has 102 valence electrons.